The van der Waals surface area contributed by atoms with Gasteiger partial charge >= 0.3 is 6.09 Å². The average Bonchev–Trinajstić information content (AvgIpc) is 3.10. The molecule has 0 saturated carbocycles. The SMILES string of the molecule is O=C(CC(c1ccc(F)cc1)c1ccc(F)cc1)Nc1cncc(F)c1CC[C@@H]1CN[C@H](COC(=O)NCCNc2ccccc2)CO1. The third-order valence-corrected chi connectivity index (χ3v) is 8.01. The Labute approximate surface area is 277 Å². The molecule has 4 aromatic rings. The fourth-order valence-electron chi connectivity index (χ4n) is 5.45. The molecule has 252 valence electrons. The Morgan fingerprint density at radius 3 is 2.25 bits per heavy atom. The second kappa shape index (κ2) is 17.3. The standard InChI is InChI=1S/C36H38F3N5O4/c37-26-10-6-24(7-11-26)32(25-8-12-27(38)13-9-25)18-35(45)44-34-21-40-20-33(39)31(34)15-14-30-19-43-29(22-47-30)23-48-36(46)42-17-16-41-28-4-2-1-3-5-28/h1-13,20-21,29-30,32,41,43H,14-19,22-23H2,(H,42,46)(H,44,45)/t29-,30+/m0/s1. The quantitative estimate of drug-likeness (QED) is 0.127. The molecule has 4 N–H and O–H groups in total. The molecule has 9 nitrogen and oxygen atoms in total. The molecule has 12 heteroatoms. The van der Waals surface area contributed by atoms with Crippen LogP contribution in [0, 0.1) is 17.5 Å². The molecule has 0 radical (unpaired) electrons. The van der Waals surface area contributed by atoms with Crippen LogP contribution < -0.4 is 21.3 Å². The number of aromatic nitrogens is 1. The molecule has 1 aromatic heterocycles. The molecule has 5 rings (SSSR count). The van der Waals surface area contributed by atoms with Crippen LogP contribution in [0.25, 0.3) is 0 Å². The first-order chi connectivity index (χ1) is 23.3. The van der Waals surface area contributed by atoms with Crippen LogP contribution in [0.2, 0.25) is 0 Å². The van der Waals surface area contributed by atoms with E-state index in [9.17, 15) is 22.8 Å². The number of morpholine rings is 1. The Hall–Kier alpha value is -4.94. The number of nitrogens with zero attached hydrogens (tertiary/aromatic N) is 1. The number of amides is 2. The van der Waals surface area contributed by atoms with E-state index in [4.69, 9.17) is 9.47 Å². The van der Waals surface area contributed by atoms with Gasteiger partial charge in [-0.1, -0.05) is 42.5 Å². The highest BCUT2D eigenvalue weighted by molar-refractivity contribution is 5.92. The van der Waals surface area contributed by atoms with E-state index in [1.807, 2.05) is 30.3 Å². The van der Waals surface area contributed by atoms with Crippen molar-refractivity contribution < 1.29 is 32.2 Å². The van der Waals surface area contributed by atoms with Gasteiger partial charge in [0.05, 0.1) is 36.8 Å². The summed E-state index contributed by atoms with van der Waals surface area (Å²) >= 11 is 0. The van der Waals surface area contributed by atoms with Gasteiger partial charge in [-0.3, -0.25) is 9.78 Å². The summed E-state index contributed by atoms with van der Waals surface area (Å²) in [7, 11) is 0. The second-order valence-electron chi connectivity index (χ2n) is 11.5. The number of rotatable bonds is 14. The van der Waals surface area contributed by atoms with Crippen LogP contribution in [-0.4, -0.2) is 62.0 Å². The molecule has 0 bridgehead atoms. The monoisotopic (exact) mass is 661 g/mol. The summed E-state index contributed by atoms with van der Waals surface area (Å²) in [4.78, 5) is 29.2. The molecule has 48 heavy (non-hydrogen) atoms. The van der Waals surface area contributed by atoms with Gasteiger partial charge < -0.3 is 30.7 Å². The van der Waals surface area contributed by atoms with Gasteiger partial charge in [-0.2, -0.15) is 0 Å². The highest BCUT2D eigenvalue weighted by atomic mass is 19.1. The number of hydrogen-bond acceptors (Lipinski definition) is 7. The van der Waals surface area contributed by atoms with Gasteiger partial charge in [0, 0.05) is 43.2 Å². The van der Waals surface area contributed by atoms with E-state index in [0.717, 1.165) is 11.9 Å². The smallest absolute Gasteiger partial charge is 0.407 e. The summed E-state index contributed by atoms with van der Waals surface area (Å²) in [5, 5.41) is 12.0. The van der Waals surface area contributed by atoms with E-state index >= 15 is 0 Å². The summed E-state index contributed by atoms with van der Waals surface area (Å²) in [5.74, 6) is -2.27. The van der Waals surface area contributed by atoms with Crippen molar-refractivity contribution in [1.29, 1.82) is 0 Å². The molecular formula is C36H38F3N5O4. The van der Waals surface area contributed by atoms with Crippen LogP contribution in [-0.2, 0) is 20.7 Å². The first-order valence-corrected chi connectivity index (χ1v) is 15.8. The lowest BCUT2D eigenvalue weighted by Gasteiger charge is -2.30. The number of benzene rings is 3. The van der Waals surface area contributed by atoms with Crippen molar-refractivity contribution in [3.63, 3.8) is 0 Å². The number of carbonyl (C=O) groups excluding carboxylic acids is 2. The maximum atomic E-state index is 15.0. The zero-order chi connectivity index (χ0) is 33.7. The molecular weight excluding hydrogens is 623 g/mol. The molecule has 2 atom stereocenters. The Balaban J connectivity index is 1.08. The summed E-state index contributed by atoms with van der Waals surface area (Å²) in [6.07, 6.45) is 2.45. The van der Waals surface area contributed by atoms with Crippen molar-refractivity contribution in [3.05, 3.63) is 125 Å². The molecule has 1 saturated heterocycles. The van der Waals surface area contributed by atoms with Crippen molar-refractivity contribution in [1.82, 2.24) is 15.6 Å². The number of hydrogen-bond donors (Lipinski definition) is 4. The van der Waals surface area contributed by atoms with Crippen molar-refractivity contribution in [2.24, 2.45) is 0 Å². The van der Waals surface area contributed by atoms with Gasteiger partial charge in [-0.15, -0.1) is 0 Å². The molecule has 1 aliphatic rings. The number of halogens is 3. The predicted molar refractivity (Wildman–Crippen MR) is 176 cm³/mol. The minimum Gasteiger partial charge on any atom is -0.448 e. The van der Waals surface area contributed by atoms with Gasteiger partial charge in [0.2, 0.25) is 5.91 Å². The van der Waals surface area contributed by atoms with Crippen molar-refractivity contribution in [2.75, 3.05) is 43.5 Å². The highest BCUT2D eigenvalue weighted by Crippen LogP contribution is 2.30. The van der Waals surface area contributed by atoms with Crippen molar-refractivity contribution >= 4 is 23.4 Å². The normalized spacial score (nSPS) is 15.9. The van der Waals surface area contributed by atoms with E-state index in [-0.39, 0.29) is 37.3 Å². The molecule has 0 unspecified atom stereocenters. The molecule has 2 amide bonds. The lowest BCUT2D eigenvalue weighted by Crippen LogP contribution is -2.49. The van der Waals surface area contributed by atoms with Crippen molar-refractivity contribution in [3.8, 4) is 0 Å². The zero-order valence-electron chi connectivity index (χ0n) is 26.3. The summed E-state index contributed by atoms with van der Waals surface area (Å²) in [6.45, 7) is 1.88. The van der Waals surface area contributed by atoms with Crippen LogP contribution in [0.4, 0.5) is 29.3 Å². The minimum absolute atomic E-state index is 0.0467. The van der Waals surface area contributed by atoms with Crippen molar-refractivity contribution in [2.45, 2.75) is 37.3 Å². The number of pyridine rings is 1. The Bertz CT molecular complexity index is 1570. The third-order valence-electron chi connectivity index (χ3n) is 8.01. The molecule has 1 aliphatic heterocycles. The molecule has 2 heterocycles. The van der Waals surface area contributed by atoms with Gasteiger partial charge in [0.1, 0.15) is 24.1 Å². The van der Waals surface area contributed by atoms with Gasteiger partial charge in [-0.05, 0) is 60.4 Å². The number of nitrogens with one attached hydrogen (secondary N) is 4. The summed E-state index contributed by atoms with van der Waals surface area (Å²) in [5.41, 5.74) is 2.87. The Morgan fingerprint density at radius 2 is 1.60 bits per heavy atom. The van der Waals surface area contributed by atoms with Crippen LogP contribution in [0.5, 0.6) is 0 Å². The fourth-order valence-corrected chi connectivity index (χ4v) is 5.45. The largest absolute Gasteiger partial charge is 0.448 e. The topological polar surface area (TPSA) is 114 Å². The summed E-state index contributed by atoms with van der Waals surface area (Å²) < 4.78 is 53.5. The highest BCUT2D eigenvalue weighted by Gasteiger charge is 2.24. The van der Waals surface area contributed by atoms with Crippen LogP contribution in [0.3, 0.4) is 0 Å². The number of carbonyl (C=O) groups is 2. The fraction of sp³-hybridized carbons (Fsp3) is 0.306. The van der Waals surface area contributed by atoms with E-state index in [2.05, 4.69) is 26.3 Å². The van der Waals surface area contributed by atoms with E-state index in [0.29, 0.717) is 49.4 Å². The number of para-hydroxylation sites is 1. The first kappa shape index (κ1) is 34.4. The molecule has 0 spiro atoms. The lowest BCUT2D eigenvalue weighted by molar-refractivity contribution is -0.116. The molecule has 1 fully saturated rings. The second-order valence-corrected chi connectivity index (χ2v) is 11.5. The maximum Gasteiger partial charge on any atom is 0.407 e. The lowest BCUT2D eigenvalue weighted by atomic mass is 9.88. The van der Waals surface area contributed by atoms with Crippen LogP contribution in [0.1, 0.15) is 35.4 Å². The van der Waals surface area contributed by atoms with Crippen LogP contribution in [0.15, 0.2) is 91.3 Å². The minimum atomic E-state index is -0.554. The Kier molecular flexibility index (Phi) is 12.4. The van der Waals surface area contributed by atoms with Gasteiger partial charge in [-0.25, -0.2) is 18.0 Å². The average molecular weight is 662 g/mol. The number of ether oxygens (including phenoxy) is 2. The summed E-state index contributed by atoms with van der Waals surface area (Å²) in [6, 6.07) is 21.0. The molecule has 3 aromatic carbocycles. The maximum absolute atomic E-state index is 15.0. The predicted octanol–water partition coefficient (Wildman–Crippen LogP) is 5.79. The van der Waals surface area contributed by atoms with Gasteiger partial charge in [0.15, 0.2) is 0 Å². The van der Waals surface area contributed by atoms with E-state index in [1.54, 1.807) is 24.3 Å². The number of anilines is 2. The van der Waals surface area contributed by atoms with E-state index < -0.39 is 35.4 Å². The third kappa shape index (κ3) is 10.3. The number of alkyl carbamates (subject to hydrolysis) is 1. The van der Waals surface area contributed by atoms with E-state index in [1.165, 1.54) is 30.5 Å². The first-order valence-electron chi connectivity index (χ1n) is 15.8. The molecule has 0 aliphatic carbocycles. The Morgan fingerprint density at radius 1 is 0.917 bits per heavy atom. The van der Waals surface area contributed by atoms with Crippen LogP contribution >= 0.6 is 0 Å². The zero-order valence-corrected chi connectivity index (χ0v) is 26.3. The van der Waals surface area contributed by atoms with Gasteiger partial charge in [0.25, 0.3) is 0 Å².